The first-order valence-electron chi connectivity index (χ1n) is 7.13. The highest BCUT2D eigenvalue weighted by atomic mass is 16.2. The lowest BCUT2D eigenvalue weighted by Gasteiger charge is -2.33. The van der Waals surface area contributed by atoms with Crippen LogP contribution in [0.25, 0.3) is 0 Å². The summed E-state index contributed by atoms with van der Waals surface area (Å²) in [5, 5.41) is 0. The Kier molecular flexibility index (Phi) is 3.11. The molecule has 1 aliphatic heterocycles. The van der Waals surface area contributed by atoms with Crippen LogP contribution in [0.1, 0.15) is 44.1 Å². The lowest BCUT2D eigenvalue weighted by atomic mass is 10.0. The molecule has 0 aromatic heterocycles. The standard InChI is InChI=1S/C16H21NO/c1-12-7-5-6-10-17(12)16(18)15-11-14(15)13-8-3-2-4-9-13/h2-4,8-9,12,14-15H,5-7,10-11H2,1H3. The fourth-order valence-corrected chi connectivity index (χ4v) is 3.18. The first-order valence-corrected chi connectivity index (χ1v) is 7.13. The van der Waals surface area contributed by atoms with Crippen LogP contribution in [-0.2, 0) is 4.79 Å². The molecule has 2 fully saturated rings. The molecule has 2 heteroatoms. The van der Waals surface area contributed by atoms with Crippen molar-refractivity contribution < 1.29 is 4.79 Å². The zero-order valence-electron chi connectivity index (χ0n) is 11.0. The van der Waals surface area contributed by atoms with Crippen molar-refractivity contribution in [1.29, 1.82) is 0 Å². The van der Waals surface area contributed by atoms with E-state index in [4.69, 9.17) is 0 Å². The Morgan fingerprint density at radius 1 is 1.22 bits per heavy atom. The molecule has 1 aliphatic carbocycles. The number of carbonyl (C=O) groups is 1. The number of benzene rings is 1. The zero-order chi connectivity index (χ0) is 12.5. The lowest BCUT2D eigenvalue weighted by Crippen LogP contribution is -2.43. The monoisotopic (exact) mass is 243 g/mol. The highest BCUT2D eigenvalue weighted by Gasteiger charge is 2.46. The van der Waals surface area contributed by atoms with Gasteiger partial charge in [0.2, 0.25) is 5.91 Å². The predicted octanol–water partition coefficient (Wildman–Crippen LogP) is 3.19. The van der Waals surface area contributed by atoms with Crippen LogP contribution in [0.3, 0.4) is 0 Å². The van der Waals surface area contributed by atoms with E-state index in [1.807, 2.05) is 6.07 Å². The second-order valence-electron chi connectivity index (χ2n) is 5.74. The normalized spacial score (nSPS) is 31.2. The smallest absolute Gasteiger partial charge is 0.226 e. The van der Waals surface area contributed by atoms with Crippen molar-refractivity contribution in [3.8, 4) is 0 Å². The number of likely N-dealkylation sites (tertiary alicyclic amines) is 1. The molecular formula is C16H21NO. The van der Waals surface area contributed by atoms with E-state index in [9.17, 15) is 4.79 Å². The number of hydrogen-bond acceptors (Lipinski definition) is 1. The van der Waals surface area contributed by atoms with Crippen molar-refractivity contribution in [3.05, 3.63) is 35.9 Å². The predicted molar refractivity (Wildman–Crippen MR) is 72.3 cm³/mol. The van der Waals surface area contributed by atoms with Gasteiger partial charge < -0.3 is 4.90 Å². The van der Waals surface area contributed by atoms with E-state index in [2.05, 4.69) is 36.1 Å². The molecule has 1 heterocycles. The molecule has 0 N–H and O–H groups in total. The number of piperidine rings is 1. The molecule has 1 amide bonds. The summed E-state index contributed by atoms with van der Waals surface area (Å²) in [4.78, 5) is 14.6. The average molecular weight is 243 g/mol. The molecule has 96 valence electrons. The van der Waals surface area contributed by atoms with E-state index in [0.717, 1.165) is 13.0 Å². The third-order valence-electron chi connectivity index (χ3n) is 4.42. The van der Waals surface area contributed by atoms with E-state index in [1.54, 1.807) is 0 Å². The molecule has 3 rings (SSSR count). The molecule has 1 aromatic rings. The van der Waals surface area contributed by atoms with E-state index in [0.29, 0.717) is 17.9 Å². The summed E-state index contributed by atoms with van der Waals surface area (Å²) in [5.41, 5.74) is 1.33. The van der Waals surface area contributed by atoms with Gasteiger partial charge in [0.05, 0.1) is 0 Å². The number of hydrogen-bond donors (Lipinski definition) is 0. The van der Waals surface area contributed by atoms with E-state index < -0.39 is 0 Å². The molecule has 1 saturated carbocycles. The minimum Gasteiger partial charge on any atom is -0.340 e. The first kappa shape index (κ1) is 11.8. The third-order valence-corrected chi connectivity index (χ3v) is 4.42. The molecule has 3 unspecified atom stereocenters. The third kappa shape index (κ3) is 2.16. The Labute approximate surface area is 109 Å². The van der Waals surface area contributed by atoms with Gasteiger partial charge in [-0.1, -0.05) is 30.3 Å². The second kappa shape index (κ2) is 4.75. The fourth-order valence-electron chi connectivity index (χ4n) is 3.18. The summed E-state index contributed by atoms with van der Waals surface area (Å²) in [7, 11) is 0. The van der Waals surface area contributed by atoms with Gasteiger partial charge in [-0.05, 0) is 44.1 Å². The topological polar surface area (TPSA) is 20.3 Å². The van der Waals surface area contributed by atoms with Gasteiger partial charge in [0.15, 0.2) is 0 Å². The molecule has 2 nitrogen and oxygen atoms in total. The highest BCUT2D eigenvalue weighted by molar-refractivity contribution is 5.83. The summed E-state index contributed by atoms with van der Waals surface area (Å²) in [5.74, 6) is 1.14. The van der Waals surface area contributed by atoms with Crippen LogP contribution in [0.5, 0.6) is 0 Å². The van der Waals surface area contributed by atoms with E-state index in [1.165, 1.54) is 24.8 Å². The van der Waals surface area contributed by atoms with Gasteiger partial charge in [0, 0.05) is 18.5 Å². The van der Waals surface area contributed by atoms with Crippen LogP contribution in [0.4, 0.5) is 0 Å². The van der Waals surface area contributed by atoms with Gasteiger partial charge in [-0.25, -0.2) is 0 Å². The number of carbonyl (C=O) groups excluding carboxylic acids is 1. The molecule has 2 aliphatic rings. The summed E-state index contributed by atoms with van der Waals surface area (Å²) in [6, 6.07) is 10.9. The lowest BCUT2D eigenvalue weighted by molar-refractivity contribution is -0.135. The largest absolute Gasteiger partial charge is 0.340 e. The summed E-state index contributed by atoms with van der Waals surface area (Å²) in [6.07, 6.45) is 4.68. The van der Waals surface area contributed by atoms with Gasteiger partial charge >= 0.3 is 0 Å². The number of nitrogens with zero attached hydrogens (tertiary/aromatic N) is 1. The van der Waals surface area contributed by atoms with Crippen molar-refractivity contribution in [2.24, 2.45) is 5.92 Å². The van der Waals surface area contributed by atoms with Gasteiger partial charge in [0.25, 0.3) is 0 Å². The van der Waals surface area contributed by atoms with E-state index >= 15 is 0 Å². The number of rotatable bonds is 2. The number of amides is 1. The maximum absolute atomic E-state index is 12.5. The van der Waals surface area contributed by atoms with Crippen LogP contribution in [0, 0.1) is 5.92 Å². The molecule has 3 atom stereocenters. The summed E-state index contributed by atoms with van der Waals surface area (Å²) < 4.78 is 0. The van der Waals surface area contributed by atoms with Crippen molar-refractivity contribution in [3.63, 3.8) is 0 Å². The molecule has 0 spiro atoms. The van der Waals surface area contributed by atoms with Gasteiger partial charge in [-0.3, -0.25) is 4.79 Å². The SMILES string of the molecule is CC1CCCCN1C(=O)C1CC1c1ccccc1. The van der Waals surface area contributed by atoms with Gasteiger partial charge in [0.1, 0.15) is 0 Å². The quantitative estimate of drug-likeness (QED) is 0.781. The van der Waals surface area contributed by atoms with Gasteiger partial charge in [-0.2, -0.15) is 0 Å². The van der Waals surface area contributed by atoms with E-state index in [-0.39, 0.29) is 5.92 Å². The molecular weight excluding hydrogens is 222 g/mol. The van der Waals surface area contributed by atoms with Crippen molar-refractivity contribution in [1.82, 2.24) is 4.90 Å². The van der Waals surface area contributed by atoms with Crippen LogP contribution in [-0.4, -0.2) is 23.4 Å². The van der Waals surface area contributed by atoms with Crippen LogP contribution in [0.15, 0.2) is 30.3 Å². The minimum atomic E-state index is 0.257. The zero-order valence-corrected chi connectivity index (χ0v) is 11.0. The van der Waals surface area contributed by atoms with Crippen molar-refractivity contribution >= 4 is 5.91 Å². The molecule has 1 aromatic carbocycles. The first-order chi connectivity index (χ1) is 8.77. The molecule has 1 saturated heterocycles. The Morgan fingerprint density at radius 3 is 2.72 bits per heavy atom. The van der Waals surface area contributed by atoms with Crippen molar-refractivity contribution in [2.75, 3.05) is 6.54 Å². The van der Waals surface area contributed by atoms with Crippen LogP contribution in [0.2, 0.25) is 0 Å². The Morgan fingerprint density at radius 2 is 2.00 bits per heavy atom. The summed E-state index contributed by atoms with van der Waals surface area (Å²) >= 11 is 0. The highest BCUT2D eigenvalue weighted by Crippen LogP contribution is 2.48. The molecule has 0 radical (unpaired) electrons. The maximum atomic E-state index is 12.5. The Bertz CT molecular complexity index is 428. The van der Waals surface area contributed by atoms with Crippen LogP contribution >= 0.6 is 0 Å². The Hall–Kier alpha value is -1.31. The fraction of sp³-hybridized carbons (Fsp3) is 0.562. The second-order valence-corrected chi connectivity index (χ2v) is 5.74. The maximum Gasteiger partial charge on any atom is 0.226 e. The minimum absolute atomic E-state index is 0.257. The Balaban J connectivity index is 1.65. The van der Waals surface area contributed by atoms with Crippen LogP contribution < -0.4 is 0 Å². The average Bonchev–Trinajstić information content (AvgIpc) is 3.20. The van der Waals surface area contributed by atoms with Crippen molar-refractivity contribution in [2.45, 2.75) is 44.6 Å². The summed E-state index contributed by atoms with van der Waals surface area (Å²) in [6.45, 7) is 3.16. The molecule has 18 heavy (non-hydrogen) atoms. The molecule has 0 bridgehead atoms. The van der Waals surface area contributed by atoms with Gasteiger partial charge in [-0.15, -0.1) is 0 Å².